The zero-order chi connectivity index (χ0) is 17.3. The van der Waals surface area contributed by atoms with E-state index >= 15 is 0 Å². The second kappa shape index (κ2) is 4.96. The zero-order valence-corrected chi connectivity index (χ0v) is 19.6. The van der Waals surface area contributed by atoms with Crippen LogP contribution in [0, 0.1) is 23.7 Å². The highest BCUT2D eigenvalue weighted by molar-refractivity contribution is 9.10. The van der Waals surface area contributed by atoms with Crippen LogP contribution >= 0.6 is 49.6 Å². The summed E-state index contributed by atoms with van der Waals surface area (Å²) in [7, 11) is 0. The van der Waals surface area contributed by atoms with Gasteiger partial charge in [-0.25, -0.2) is 0 Å². The van der Waals surface area contributed by atoms with Crippen molar-refractivity contribution < 1.29 is 4.57 Å². The summed E-state index contributed by atoms with van der Waals surface area (Å²) in [6.07, 6.45) is 14.7. The second-order valence-electron chi connectivity index (χ2n) is 11.2. The van der Waals surface area contributed by atoms with E-state index in [1.807, 2.05) is 0 Å². The number of alkyl halides is 2. The lowest BCUT2D eigenvalue weighted by Gasteiger charge is -2.67. The van der Waals surface area contributed by atoms with Crippen molar-refractivity contribution in [1.29, 1.82) is 0 Å². The standard InChI is InChI=1S/C20H28Br2ClOP/c21-17-3-13-1-14(4-17)8-19(7-13,11-17)25(23,24)20-9-15-2-16(10-20)6-18(22,5-15)12-20/h13-16H,1-12H2. The molecule has 1 nitrogen and oxygen atoms in total. The fraction of sp³-hybridized carbons (Fsp3) is 1.00. The van der Waals surface area contributed by atoms with Crippen LogP contribution in [-0.4, -0.2) is 19.0 Å². The van der Waals surface area contributed by atoms with E-state index in [4.69, 9.17) is 11.2 Å². The van der Waals surface area contributed by atoms with Crippen molar-refractivity contribution in [3.8, 4) is 0 Å². The van der Waals surface area contributed by atoms with E-state index in [2.05, 4.69) is 31.9 Å². The molecule has 25 heavy (non-hydrogen) atoms. The highest BCUT2D eigenvalue weighted by atomic mass is 79.9. The molecule has 0 aliphatic heterocycles. The van der Waals surface area contributed by atoms with Gasteiger partial charge in [-0.05, 0) is 101 Å². The number of hydrogen-bond donors (Lipinski definition) is 0. The molecule has 0 aromatic rings. The van der Waals surface area contributed by atoms with Crippen LogP contribution in [0.5, 0.6) is 0 Å². The molecular formula is C20H28Br2ClOP. The molecule has 0 saturated heterocycles. The molecule has 0 radical (unpaired) electrons. The van der Waals surface area contributed by atoms with Gasteiger partial charge in [0.25, 0.3) is 0 Å². The fourth-order valence-corrected chi connectivity index (χ4v) is 17.9. The van der Waals surface area contributed by atoms with Gasteiger partial charge in [-0.1, -0.05) is 43.1 Å². The maximum absolute atomic E-state index is 14.7. The first-order chi connectivity index (χ1) is 11.6. The van der Waals surface area contributed by atoms with Crippen LogP contribution in [0.1, 0.15) is 77.0 Å². The third kappa shape index (κ3) is 2.22. The third-order valence-corrected chi connectivity index (χ3v) is 16.6. The fourth-order valence-electron chi connectivity index (χ4n) is 9.38. The lowest BCUT2D eigenvalue weighted by molar-refractivity contribution is 0.0364. The first-order valence-corrected chi connectivity index (χ1v) is 14.5. The van der Waals surface area contributed by atoms with Crippen LogP contribution in [0.2, 0.25) is 0 Å². The molecule has 4 atom stereocenters. The Morgan fingerprint density at radius 2 is 1.00 bits per heavy atom. The lowest BCUT2D eigenvalue weighted by Crippen LogP contribution is -2.61. The normalized spacial score (nSPS) is 63.8. The molecule has 5 heteroatoms. The summed E-state index contributed by atoms with van der Waals surface area (Å²) >= 11 is 15.6. The lowest BCUT2D eigenvalue weighted by atomic mass is 9.55. The molecule has 8 rings (SSSR count). The first-order valence-electron chi connectivity index (χ1n) is 10.3. The van der Waals surface area contributed by atoms with Crippen molar-refractivity contribution >= 4 is 49.6 Å². The van der Waals surface area contributed by atoms with Crippen LogP contribution < -0.4 is 0 Å². The summed E-state index contributed by atoms with van der Waals surface area (Å²) in [6, 6.07) is 0. The van der Waals surface area contributed by atoms with Crippen molar-refractivity contribution in [2.45, 2.75) is 96.0 Å². The van der Waals surface area contributed by atoms with Gasteiger partial charge < -0.3 is 4.57 Å². The van der Waals surface area contributed by atoms with Crippen molar-refractivity contribution in [2.75, 3.05) is 0 Å². The molecule has 0 N–H and O–H groups in total. The number of hydrogen-bond acceptors (Lipinski definition) is 1. The van der Waals surface area contributed by atoms with Crippen LogP contribution in [-0.2, 0) is 4.57 Å². The molecule has 8 aliphatic rings. The maximum Gasteiger partial charge on any atom is 0.181 e. The van der Waals surface area contributed by atoms with E-state index in [9.17, 15) is 4.57 Å². The van der Waals surface area contributed by atoms with Crippen molar-refractivity contribution in [3.05, 3.63) is 0 Å². The number of rotatable bonds is 2. The van der Waals surface area contributed by atoms with Gasteiger partial charge >= 0.3 is 0 Å². The van der Waals surface area contributed by atoms with E-state index in [1.165, 1.54) is 38.5 Å². The van der Waals surface area contributed by atoms with Gasteiger partial charge in [0.05, 0.1) is 0 Å². The average Bonchev–Trinajstić information content (AvgIpc) is 2.41. The molecule has 0 aromatic heterocycles. The molecule has 8 aliphatic carbocycles. The minimum absolute atomic E-state index is 0.0584. The number of halogens is 3. The molecule has 0 amide bonds. The first kappa shape index (κ1) is 17.3. The minimum atomic E-state index is -2.76. The summed E-state index contributed by atoms with van der Waals surface area (Å²) < 4.78 is 15.2. The molecule has 8 fully saturated rings. The molecule has 0 spiro atoms. The molecule has 0 heterocycles. The predicted octanol–water partition coefficient (Wildman–Crippen LogP) is 7.48. The van der Waals surface area contributed by atoms with Crippen LogP contribution in [0.25, 0.3) is 0 Å². The average molecular weight is 511 g/mol. The Kier molecular flexibility index (Phi) is 3.44. The van der Waals surface area contributed by atoms with E-state index in [0.29, 0.717) is 0 Å². The van der Waals surface area contributed by atoms with Crippen molar-refractivity contribution in [3.63, 3.8) is 0 Å². The van der Waals surface area contributed by atoms with E-state index in [1.54, 1.807) is 0 Å². The van der Waals surface area contributed by atoms with Gasteiger partial charge in [0.1, 0.15) is 0 Å². The molecule has 0 aromatic carbocycles. The van der Waals surface area contributed by atoms with Gasteiger partial charge in [0, 0.05) is 19.0 Å². The minimum Gasteiger partial charge on any atom is -0.305 e. The zero-order valence-electron chi connectivity index (χ0n) is 14.8. The smallest absolute Gasteiger partial charge is 0.181 e. The van der Waals surface area contributed by atoms with E-state index in [0.717, 1.165) is 62.2 Å². The highest BCUT2D eigenvalue weighted by Crippen LogP contribution is 2.86. The quantitative estimate of drug-likeness (QED) is 0.278. The van der Waals surface area contributed by atoms with Crippen LogP contribution in [0.15, 0.2) is 0 Å². The van der Waals surface area contributed by atoms with Crippen LogP contribution in [0.3, 0.4) is 0 Å². The third-order valence-electron chi connectivity index (χ3n) is 9.14. The summed E-state index contributed by atoms with van der Waals surface area (Å²) in [4.78, 5) is 0. The van der Waals surface area contributed by atoms with Gasteiger partial charge in [-0.2, -0.15) is 0 Å². The van der Waals surface area contributed by atoms with E-state index < -0.39 is 6.49 Å². The Morgan fingerprint density at radius 3 is 1.28 bits per heavy atom. The maximum atomic E-state index is 14.7. The van der Waals surface area contributed by atoms with Crippen molar-refractivity contribution in [2.24, 2.45) is 23.7 Å². The molecular weight excluding hydrogens is 482 g/mol. The predicted molar refractivity (Wildman–Crippen MR) is 112 cm³/mol. The Labute approximate surface area is 173 Å². The Bertz CT molecular complexity index is 611. The van der Waals surface area contributed by atoms with Gasteiger partial charge in [0.2, 0.25) is 0 Å². The molecule has 8 bridgehead atoms. The second-order valence-corrected chi connectivity index (χ2v) is 19.0. The molecule has 8 saturated carbocycles. The molecule has 140 valence electrons. The van der Waals surface area contributed by atoms with Crippen LogP contribution in [0.4, 0.5) is 0 Å². The van der Waals surface area contributed by atoms with Gasteiger partial charge in [-0.3, -0.25) is 0 Å². The Balaban J connectivity index is 1.44. The Hall–Kier alpha value is 1.48. The highest BCUT2D eigenvalue weighted by Gasteiger charge is 2.71. The summed E-state index contributed by atoms with van der Waals surface area (Å²) in [5.41, 5.74) is 0. The van der Waals surface area contributed by atoms with Gasteiger partial charge in [-0.15, -0.1) is 0 Å². The Morgan fingerprint density at radius 1 is 0.680 bits per heavy atom. The monoisotopic (exact) mass is 508 g/mol. The van der Waals surface area contributed by atoms with Gasteiger partial charge in [0.15, 0.2) is 6.49 Å². The summed E-state index contributed by atoms with van der Waals surface area (Å²) in [5, 5.41) is -0.117. The van der Waals surface area contributed by atoms with E-state index in [-0.39, 0.29) is 19.0 Å². The molecule has 4 unspecified atom stereocenters. The van der Waals surface area contributed by atoms with Crippen molar-refractivity contribution in [1.82, 2.24) is 0 Å². The summed E-state index contributed by atoms with van der Waals surface area (Å²) in [6.45, 7) is -2.76. The SMILES string of the molecule is O=P(Cl)(C12CC3CC(CC(Br)(C3)C1)C2)C12CC3CC(CC(Br)(C3)C1)C2. The topological polar surface area (TPSA) is 17.1 Å². The largest absolute Gasteiger partial charge is 0.305 e. The summed E-state index contributed by atoms with van der Waals surface area (Å²) in [5.74, 6) is 3.05.